The summed E-state index contributed by atoms with van der Waals surface area (Å²) in [7, 11) is 3.13. The fourth-order valence-electron chi connectivity index (χ4n) is 4.88. The Labute approximate surface area is 254 Å². The Morgan fingerprint density at radius 3 is 2.56 bits per heavy atom. The number of anilines is 2. The molecule has 232 valence electrons. The molecule has 1 saturated carbocycles. The monoisotopic (exact) mass is 617 g/mol. The van der Waals surface area contributed by atoms with Gasteiger partial charge in [-0.1, -0.05) is 17.7 Å². The van der Waals surface area contributed by atoms with Gasteiger partial charge in [-0.2, -0.15) is 0 Å². The third kappa shape index (κ3) is 7.74. The first kappa shape index (κ1) is 32.0. The largest absolute Gasteiger partial charge is 0.493 e. The summed E-state index contributed by atoms with van der Waals surface area (Å²) in [6, 6.07) is 8.07. The van der Waals surface area contributed by atoms with E-state index in [1.807, 2.05) is 0 Å². The first-order chi connectivity index (χ1) is 20.3. The molecule has 1 aromatic heterocycles. The van der Waals surface area contributed by atoms with Crippen LogP contribution in [0.25, 0.3) is 10.9 Å². The Hall–Kier alpha value is -3.90. The van der Waals surface area contributed by atoms with E-state index in [0.29, 0.717) is 53.9 Å². The SMILES string of the molecule is COc1cc2ncnc(Nc3cccc(Cl)c3F)c2cc1OC1CCC(NCCN(C)C(=O)OC(C)(C)C)(C(=O)O)CC1. The van der Waals surface area contributed by atoms with Gasteiger partial charge in [0.1, 0.15) is 23.3 Å². The molecular weight excluding hydrogens is 581 g/mol. The van der Waals surface area contributed by atoms with Crippen molar-refractivity contribution in [2.24, 2.45) is 0 Å². The molecule has 1 aliphatic carbocycles. The van der Waals surface area contributed by atoms with Gasteiger partial charge in [-0.3, -0.25) is 4.79 Å². The molecule has 1 heterocycles. The number of rotatable bonds is 10. The molecule has 11 nitrogen and oxygen atoms in total. The number of carbonyl (C=O) groups excluding carboxylic acids is 1. The zero-order chi connectivity index (χ0) is 31.4. The molecule has 2 aromatic carbocycles. The second-order valence-electron chi connectivity index (χ2n) is 11.5. The Balaban J connectivity index is 1.45. The highest BCUT2D eigenvalue weighted by molar-refractivity contribution is 6.31. The van der Waals surface area contributed by atoms with Crippen molar-refractivity contribution in [3.05, 3.63) is 47.5 Å². The molecule has 0 aliphatic heterocycles. The fraction of sp³-hybridized carbons (Fsp3) is 0.467. The average molecular weight is 618 g/mol. The minimum atomic E-state index is -1.14. The highest BCUT2D eigenvalue weighted by atomic mass is 35.5. The van der Waals surface area contributed by atoms with E-state index in [4.69, 9.17) is 25.8 Å². The van der Waals surface area contributed by atoms with Crippen LogP contribution in [0.2, 0.25) is 5.02 Å². The molecule has 0 unspecified atom stereocenters. The molecule has 0 bridgehead atoms. The van der Waals surface area contributed by atoms with E-state index in [0.717, 1.165) is 0 Å². The van der Waals surface area contributed by atoms with Crippen molar-refractivity contribution in [3.63, 3.8) is 0 Å². The number of methoxy groups -OCH3 is 1. The number of nitrogens with one attached hydrogen (secondary N) is 2. The number of aliphatic carboxylic acids is 1. The predicted molar refractivity (Wildman–Crippen MR) is 161 cm³/mol. The molecule has 3 N–H and O–H groups in total. The van der Waals surface area contributed by atoms with Gasteiger partial charge in [0.2, 0.25) is 0 Å². The molecule has 0 atom stereocenters. The number of fused-ring (bicyclic) bond motifs is 1. The molecule has 1 amide bonds. The molecule has 1 aliphatic rings. The van der Waals surface area contributed by atoms with Crippen LogP contribution in [0.15, 0.2) is 36.7 Å². The number of nitrogens with zero attached hydrogens (tertiary/aromatic N) is 3. The summed E-state index contributed by atoms with van der Waals surface area (Å²) in [4.78, 5) is 34.6. The third-order valence-electron chi connectivity index (χ3n) is 7.23. The lowest BCUT2D eigenvalue weighted by molar-refractivity contribution is -0.147. The summed E-state index contributed by atoms with van der Waals surface area (Å²) in [6.45, 7) is 5.94. The number of ether oxygens (including phenoxy) is 3. The molecule has 0 radical (unpaired) electrons. The van der Waals surface area contributed by atoms with Crippen molar-refractivity contribution in [1.29, 1.82) is 0 Å². The van der Waals surface area contributed by atoms with Gasteiger partial charge < -0.3 is 34.9 Å². The van der Waals surface area contributed by atoms with Crippen LogP contribution in [0, 0.1) is 5.82 Å². The number of hydrogen-bond donors (Lipinski definition) is 3. The van der Waals surface area contributed by atoms with Gasteiger partial charge in [0.25, 0.3) is 0 Å². The summed E-state index contributed by atoms with van der Waals surface area (Å²) in [5.41, 5.74) is -1.05. The van der Waals surface area contributed by atoms with Crippen molar-refractivity contribution < 1.29 is 33.3 Å². The summed E-state index contributed by atoms with van der Waals surface area (Å²) >= 11 is 5.94. The average Bonchev–Trinajstić information content (AvgIpc) is 2.95. The lowest BCUT2D eigenvalue weighted by atomic mass is 9.80. The van der Waals surface area contributed by atoms with E-state index in [1.54, 1.807) is 52.1 Å². The van der Waals surface area contributed by atoms with Crippen LogP contribution in [0.5, 0.6) is 11.5 Å². The Bertz CT molecular complexity index is 1480. The van der Waals surface area contributed by atoms with Crippen molar-refractivity contribution in [3.8, 4) is 11.5 Å². The number of aromatic nitrogens is 2. The first-order valence-corrected chi connectivity index (χ1v) is 14.3. The van der Waals surface area contributed by atoms with Gasteiger partial charge in [-0.25, -0.2) is 19.2 Å². The summed E-state index contributed by atoms with van der Waals surface area (Å²) < 4.78 is 31.8. The van der Waals surface area contributed by atoms with Crippen LogP contribution < -0.4 is 20.1 Å². The van der Waals surface area contributed by atoms with E-state index in [9.17, 15) is 19.1 Å². The minimum absolute atomic E-state index is 0.0201. The van der Waals surface area contributed by atoms with E-state index in [2.05, 4.69) is 20.6 Å². The maximum Gasteiger partial charge on any atom is 0.410 e. The minimum Gasteiger partial charge on any atom is -0.493 e. The van der Waals surface area contributed by atoms with Crippen LogP contribution >= 0.6 is 11.6 Å². The first-order valence-electron chi connectivity index (χ1n) is 13.9. The van der Waals surface area contributed by atoms with Crippen molar-refractivity contribution in [2.45, 2.75) is 63.7 Å². The number of carbonyl (C=O) groups is 2. The lowest BCUT2D eigenvalue weighted by Gasteiger charge is -2.38. The van der Waals surface area contributed by atoms with E-state index < -0.39 is 29.0 Å². The lowest BCUT2D eigenvalue weighted by Crippen LogP contribution is -2.56. The van der Waals surface area contributed by atoms with Crippen molar-refractivity contribution in [2.75, 3.05) is 32.6 Å². The third-order valence-corrected chi connectivity index (χ3v) is 7.52. The standard InChI is InChI=1S/C30H37ClFN5O6/c1-29(2,3)43-28(40)37(4)14-13-35-30(27(38)39)11-9-18(10-12-30)42-24-15-19-22(16-23(24)41-5)33-17-34-26(19)36-21-8-6-7-20(31)25(21)32/h6-8,15-18,35H,9-14H2,1-5H3,(H,38,39)(H,33,34,36). The maximum atomic E-state index is 14.6. The topological polar surface area (TPSA) is 135 Å². The fourth-order valence-corrected chi connectivity index (χ4v) is 5.06. The van der Waals surface area contributed by atoms with Crippen molar-refractivity contribution in [1.82, 2.24) is 20.2 Å². The maximum absolute atomic E-state index is 14.6. The molecule has 43 heavy (non-hydrogen) atoms. The quantitative estimate of drug-likeness (QED) is 0.257. The number of benzene rings is 2. The number of carboxylic acid groups (broad SMARTS) is 1. The van der Waals surface area contributed by atoms with E-state index in [1.165, 1.54) is 24.4 Å². The summed E-state index contributed by atoms with van der Waals surface area (Å²) in [6.07, 6.45) is 2.18. The highest BCUT2D eigenvalue weighted by Crippen LogP contribution is 2.38. The van der Waals surface area contributed by atoms with Crippen LogP contribution in [0.4, 0.5) is 20.7 Å². The van der Waals surface area contributed by atoms with Gasteiger partial charge >= 0.3 is 12.1 Å². The number of halogens is 2. The van der Waals surface area contributed by atoms with Crippen LogP contribution in [-0.2, 0) is 9.53 Å². The zero-order valence-corrected chi connectivity index (χ0v) is 25.6. The van der Waals surface area contributed by atoms with Gasteiger partial charge in [-0.15, -0.1) is 0 Å². The molecule has 4 rings (SSSR count). The number of amides is 1. The molecule has 3 aromatic rings. The molecule has 13 heteroatoms. The van der Waals surface area contributed by atoms with Gasteiger partial charge in [-0.05, 0) is 64.7 Å². The number of likely N-dealkylation sites (N-methyl/N-ethyl adjacent to an activating group) is 1. The Kier molecular flexibility index (Phi) is 9.81. The van der Waals surface area contributed by atoms with Crippen LogP contribution in [0.3, 0.4) is 0 Å². The smallest absolute Gasteiger partial charge is 0.410 e. The summed E-state index contributed by atoms with van der Waals surface area (Å²) in [5, 5.41) is 16.8. The zero-order valence-electron chi connectivity index (χ0n) is 24.9. The Morgan fingerprint density at radius 1 is 1.19 bits per heavy atom. The summed E-state index contributed by atoms with van der Waals surface area (Å²) in [5.74, 6) is -0.318. The van der Waals surface area contributed by atoms with Crippen molar-refractivity contribution >= 4 is 46.1 Å². The van der Waals surface area contributed by atoms with Gasteiger partial charge in [0, 0.05) is 31.6 Å². The van der Waals surface area contributed by atoms with Gasteiger partial charge in [0.05, 0.1) is 29.4 Å². The van der Waals surface area contributed by atoms with E-state index >= 15 is 0 Å². The van der Waals surface area contributed by atoms with Gasteiger partial charge in [0.15, 0.2) is 17.3 Å². The number of hydrogen-bond acceptors (Lipinski definition) is 9. The molecule has 0 spiro atoms. The van der Waals surface area contributed by atoms with Crippen LogP contribution in [-0.4, -0.2) is 76.5 Å². The molecule has 1 fully saturated rings. The van der Waals surface area contributed by atoms with E-state index in [-0.39, 0.29) is 29.9 Å². The molecule has 0 saturated heterocycles. The highest BCUT2D eigenvalue weighted by Gasteiger charge is 2.42. The second kappa shape index (κ2) is 13.2. The predicted octanol–water partition coefficient (Wildman–Crippen LogP) is 5.78. The number of carboxylic acids is 1. The Morgan fingerprint density at radius 2 is 1.91 bits per heavy atom. The molecular formula is C30H37ClFN5O6. The normalized spacial score (nSPS) is 18.6. The second-order valence-corrected chi connectivity index (χ2v) is 11.9. The van der Waals surface area contributed by atoms with Crippen LogP contribution in [0.1, 0.15) is 46.5 Å².